The normalized spacial score (nSPS) is 13.2. The molecule has 0 aliphatic heterocycles. The molecule has 96 valence electrons. The Labute approximate surface area is 109 Å². The molecule has 0 N–H and O–H groups in total. The van der Waals surface area contributed by atoms with Gasteiger partial charge < -0.3 is 4.90 Å². The van der Waals surface area contributed by atoms with Crippen LogP contribution in [0.2, 0.25) is 5.15 Å². The SMILES string of the molecule is CC(C)c1c(Cl)ncnc1N(C)C(C)C(C)C. The van der Waals surface area contributed by atoms with Crippen LogP contribution in [0.4, 0.5) is 5.82 Å². The quantitative estimate of drug-likeness (QED) is 0.768. The molecule has 1 atom stereocenters. The molecule has 0 aliphatic rings. The molecular weight excluding hydrogens is 234 g/mol. The largest absolute Gasteiger partial charge is 0.356 e. The van der Waals surface area contributed by atoms with E-state index in [2.05, 4.69) is 56.5 Å². The lowest BCUT2D eigenvalue weighted by Crippen LogP contribution is -2.34. The van der Waals surface area contributed by atoms with Gasteiger partial charge >= 0.3 is 0 Å². The van der Waals surface area contributed by atoms with Crippen LogP contribution in [0.15, 0.2) is 6.33 Å². The van der Waals surface area contributed by atoms with Crippen molar-refractivity contribution in [2.75, 3.05) is 11.9 Å². The average Bonchev–Trinajstić information content (AvgIpc) is 2.25. The molecule has 0 radical (unpaired) electrons. The first-order valence-corrected chi connectivity index (χ1v) is 6.47. The molecule has 0 spiro atoms. The van der Waals surface area contributed by atoms with Crippen molar-refractivity contribution in [3.8, 4) is 0 Å². The van der Waals surface area contributed by atoms with Gasteiger partial charge in [-0.2, -0.15) is 0 Å². The summed E-state index contributed by atoms with van der Waals surface area (Å²) < 4.78 is 0. The Morgan fingerprint density at radius 2 is 1.71 bits per heavy atom. The summed E-state index contributed by atoms with van der Waals surface area (Å²) in [6, 6.07) is 0.415. The molecule has 0 saturated heterocycles. The van der Waals surface area contributed by atoms with Gasteiger partial charge in [0.25, 0.3) is 0 Å². The van der Waals surface area contributed by atoms with E-state index in [0.29, 0.717) is 23.0 Å². The molecule has 0 aliphatic carbocycles. The molecule has 1 heterocycles. The molecule has 1 rings (SSSR count). The third kappa shape index (κ3) is 3.09. The maximum absolute atomic E-state index is 6.17. The van der Waals surface area contributed by atoms with Gasteiger partial charge in [0.05, 0.1) is 0 Å². The Morgan fingerprint density at radius 3 is 2.18 bits per heavy atom. The monoisotopic (exact) mass is 255 g/mol. The second-order valence-electron chi connectivity index (χ2n) is 5.15. The van der Waals surface area contributed by atoms with E-state index in [1.54, 1.807) is 0 Å². The van der Waals surface area contributed by atoms with E-state index in [4.69, 9.17) is 11.6 Å². The van der Waals surface area contributed by atoms with Crippen LogP contribution in [-0.2, 0) is 0 Å². The topological polar surface area (TPSA) is 29.0 Å². The third-order valence-corrected chi connectivity index (χ3v) is 3.60. The fourth-order valence-electron chi connectivity index (χ4n) is 1.78. The zero-order chi connectivity index (χ0) is 13.2. The smallest absolute Gasteiger partial charge is 0.138 e. The predicted octanol–water partition coefficient (Wildman–Crippen LogP) is 3.73. The predicted molar refractivity (Wildman–Crippen MR) is 73.8 cm³/mol. The first-order valence-electron chi connectivity index (χ1n) is 6.09. The Balaban J connectivity index is 3.17. The summed E-state index contributed by atoms with van der Waals surface area (Å²) in [5, 5.41) is 0.563. The van der Waals surface area contributed by atoms with Gasteiger partial charge in [-0.05, 0) is 18.8 Å². The lowest BCUT2D eigenvalue weighted by molar-refractivity contribution is 0.500. The van der Waals surface area contributed by atoms with Crippen LogP contribution >= 0.6 is 11.6 Å². The standard InChI is InChI=1S/C13H22ClN3/c1-8(2)10(5)17(6)13-11(9(3)4)12(14)15-7-16-13/h7-10H,1-6H3. The molecule has 0 bridgehead atoms. The highest BCUT2D eigenvalue weighted by atomic mass is 35.5. The summed E-state index contributed by atoms with van der Waals surface area (Å²) in [4.78, 5) is 10.7. The molecular formula is C13H22ClN3. The molecule has 1 aromatic rings. The lowest BCUT2D eigenvalue weighted by atomic mass is 10.0. The Kier molecular flexibility index (Phi) is 4.75. The fourth-order valence-corrected chi connectivity index (χ4v) is 2.13. The second kappa shape index (κ2) is 5.67. The molecule has 0 fully saturated rings. The van der Waals surface area contributed by atoms with Crippen LogP contribution in [0, 0.1) is 5.92 Å². The molecule has 0 amide bonds. The number of anilines is 1. The van der Waals surface area contributed by atoms with Crippen molar-refractivity contribution >= 4 is 17.4 Å². The number of halogens is 1. The molecule has 1 aromatic heterocycles. The zero-order valence-corrected chi connectivity index (χ0v) is 12.3. The van der Waals surface area contributed by atoms with Gasteiger partial charge in [0.1, 0.15) is 17.3 Å². The van der Waals surface area contributed by atoms with Crippen molar-refractivity contribution in [2.45, 2.75) is 46.6 Å². The lowest BCUT2D eigenvalue weighted by Gasteiger charge is -2.31. The molecule has 0 aromatic carbocycles. The van der Waals surface area contributed by atoms with E-state index in [9.17, 15) is 0 Å². The minimum absolute atomic E-state index is 0.320. The Bertz CT molecular complexity index is 377. The summed E-state index contributed by atoms with van der Waals surface area (Å²) in [6.45, 7) is 10.8. The molecule has 1 unspecified atom stereocenters. The Hall–Kier alpha value is -0.830. The van der Waals surface area contributed by atoms with Crippen molar-refractivity contribution in [3.05, 3.63) is 17.0 Å². The molecule has 17 heavy (non-hydrogen) atoms. The van der Waals surface area contributed by atoms with Crippen molar-refractivity contribution in [1.29, 1.82) is 0 Å². The van der Waals surface area contributed by atoms with Gasteiger partial charge in [0.15, 0.2) is 0 Å². The van der Waals surface area contributed by atoms with Gasteiger partial charge in [-0.15, -0.1) is 0 Å². The van der Waals surface area contributed by atoms with E-state index in [0.717, 1.165) is 11.4 Å². The molecule has 3 nitrogen and oxygen atoms in total. The van der Waals surface area contributed by atoms with Gasteiger partial charge in [-0.25, -0.2) is 9.97 Å². The maximum atomic E-state index is 6.17. The van der Waals surface area contributed by atoms with Crippen LogP contribution in [0.25, 0.3) is 0 Å². The van der Waals surface area contributed by atoms with E-state index < -0.39 is 0 Å². The highest BCUT2D eigenvalue weighted by molar-refractivity contribution is 6.30. The van der Waals surface area contributed by atoms with Crippen LogP contribution in [0.3, 0.4) is 0 Å². The highest BCUT2D eigenvalue weighted by Crippen LogP contribution is 2.31. The summed E-state index contributed by atoms with van der Waals surface area (Å²) in [5.74, 6) is 1.83. The van der Waals surface area contributed by atoms with Crippen LogP contribution in [0.1, 0.15) is 46.1 Å². The van der Waals surface area contributed by atoms with E-state index in [1.165, 1.54) is 6.33 Å². The van der Waals surface area contributed by atoms with Gasteiger partial charge in [0.2, 0.25) is 0 Å². The summed E-state index contributed by atoms with van der Waals surface area (Å²) >= 11 is 6.17. The average molecular weight is 256 g/mol. The second-order valence-corrected chi connectivity index (χ2v) is 5.51. The number of nitrogens with zero attached hydrogens (tertiary/aromatic N) is 3. The van der Waals surface area contributed by atoms with Gasteiger partial charge in [-0.3, -0.25) is 0 Å². The first kappa shape index (κ1) is 14.2. The highest BCUT2D eigenvalue weighted by Gasteiger charge is 2.21. The van der Waals surface area contributed by atoms with Gasteiger partial charge in [-0.1, -0.05) is 39.3 Å². The maximum Gasteiger partial charge on any atom is 0.138 e. The van der Waals surface area contributed by atoms with Crippen LogP contribution in [-0.4, -0.2) is 23.1 Å². The number of hydrogen-bond donors (Lipinski definition) is 0. The summed E-state index contributed by atoms with van der Waals surface area (Å²) in [5.41, 5.74) is 1.03. The van der Waals surface area contributed by atoms with Crippen LogP contribution in [0.5, 0.6) is 0 Å². The zero-order valence-electron chi connectivity index (χ0n) is 11.5. The third-order valence-electron chi connectivity index (χ3n) is 3.30. The van der Waals surface area contributed by atoms with Crippen molar-refractivity contribution in [2.24, 2.45) is 5.92 Å². The number of rotatable bonds is 4. The number of hydrogen-bond acceptors (Lipinski definition) is 3. The van der Waals surface area contributed by atoms with E-state index in [-0.39, 0.29) is 0 Å². The number of aromatic nitrogens is 2. The van der Waals surface area contributed by atoms with Crippen LogP contribution < -0.4 is 4.90 Å². The minimum Gasteiger partial charge on any atom is -0.356 e. The minimum atomic E-state index is 0.320. The van der Waals surface area contributed by atoms with E-state index in [1.807, 2.05) is 0 Å². The van der Waals surface area contributed by atoms with Gasteiger partial charge in [0, 0.05) is 18.7 Å². The Morgan fingerprint density at radius 1 is 1.12 bits per heavy atom. The molecule has 0 saturated carbocycles. The van der Waals surface area contributed by atoms with Crippen molar-refractivity contribution in [1.82, 2.24) is 9.97 Å². The van der Waals surface area contributed by atoms with E-state index >= 15 is 0 Å². The summed E-state index contributed by atoms with van der Waals surface area (Å²) in [7, 11) is 2.06. The molecule has 4 heteroatoms. The van der Waals surface area contributed by atoms with Crippen molar-refractivity contribution in [3.63, 3.8) is 0 Å². The summed E-state index contributed by atoms with van der Waals surface area (Å²) in [6.07, 6.45) is 1.53. The van der Waals surface area contributed by atoms with Crippen molar-refractivity contribution < 1.29 is 0 Å². The first-order chi connectivity index (χ1) is 7.86. The fraction of sp³-hybridized carbons (Fsp3) is 0.692.